The van der Waals surface area contributed by atoms with Crippen LogP contribution in [0.3, 0.4) is 0 Å². The Morgan fingerprint density at radius 2 is 2.06 bits per heavy atom. The molecular weight excluding hydrogens is 396 g/mol. The van der Waals surface area contributed by atoms with Crippen molar-refractivity contribution in [3.63, 3.8) is 0 Å². The summed E-state index contributed by atoms with van der Waals surface area (Å²) in [6, 6.07) is 12.1. The molecule has 31 heavy (non-hydrogen) atoms. The van der Waals surface area contributed by atoms with E-state index in [0.29, 0.717) is 40.1 Å². The molecule has 1 aliphatic rings. The van der Waals surface area contributed by atoms with Gasteiger partial charge in [-0.1, -0.05) is 24.0 Å². The molecule has 1 aromatic heterocycles. The zero-order valence-corrected chi connectivity index (χ0v) is 17.0. The van der Waals surface area contributed by atoms with Crippen LogP contribution >= 0.6 is 0 Å². The van der Waals surface area contributed by atoms with Gasteiger partial charge in [0.25, 0.3) is 11.8 Å². The SMILES string of the molecule is COc1ccc2c(C(N)=O)nc(-c3cccc(C#C[C@]4(O)CCN(C)C4=O)c3)nc2c1. The maximum absolute atomic E-state index is 12.1. The van der Waals surface area contributed by atoms with Crippen LogP contribution in [-0.2, 0) is 4.79 Å². The van der Waals surface area contributed by atoms with Crippen molar-refractivity contribution >= 4 is 22.7 Å². The average molecular weight is 416 g/mol. The summed E-state index contributed by atoms with van der Waals surface area (Å²) in [5.74, 6) is 5.37. The molecule has 8 heteroatoms. The molecule has 0 spiro atoms. The van der Waals surface area contributed by atoms with Gasteiger partial charge in [-0.05, 0) is 24.3 Å². The van der Waals surface area contributed by atoms with Crippen LogP contribution in [0.15, 0.2) is 42.5 Å². The average Bonchev–Trinajstić information content (AvgIpc) is 3.04. The number of likely N-dealkylation sites (tertiary alicyclic amines) is 1. The number of rotatable bonds is 3. The Morgan fingerprint density at radius 1 is 1.26 bits per heavy atom. The van der Waals surface area contributed by atoms with E-state index in [-0.39, 0.29) is 12.1 Å². The first-order valence-corrected chi connectivity index (χ1v) is 9.58. The van der Waals surface area contributed by atoms with Gasteiger partial charge in [0.15, 0.2) is 5.82 Å². The number of ether oxygens (including phenoxy) is 1. The Hall–Kier alpha value is -3.96. The molecule has 0 radical (unpaired) electrons. The highest BCUT2D eigenvalue weighted by atomic mass is 16.5. The first-order valence-electron chi connectivity index (χ1n) is 9.58. The second kappa shape index (κ2) is 7.70. The van der Waals surface area contributed by atoms with E-state index in [9.17, 15) is 14.7 Å². The number of carbonyl (C=O) groups is 2. The molecule has 4 rings (SSSR count). The van der Waals surface area contributed by atoms with Crippen LogP contribution in [0.4, 0.5) is 0 Å². The number of aromatic nitrogens is 2. The summed E-state index contributed by atoms with van der Waals surface area (Å²) in [7, 11) is 3.17. The van der Waals surface area contributed by atoms with Crippen molar-refractivity contribution in [1.29, 1.82) is 0 Å². The number of methoxy groups -OCH3 is 1. The molecule has 0 bridgehead atoms. The predicted octanol–water partition coefficient (Wildman–Crippen LogP) is 1.35. The molecule has 156 valence electrons. The number of fused-ring (bicyclic) bond motifs is 1. The summed E-state index contributed by atoms with van der Waals surface area (Å²) >= 11 is 0. The lowest BCUT2D eigenvalue weighted by Gasteiger charge is -2.13. The van der Waals surface area contributed by atoms with Crippen LogP contribution in [0.25, 0.3) is 22.3 Å². The standard InChI is InChI=1S/C23H20N4O4/c1-27-11-10-23(30,22(27)29)9-8-14-4-3-5-15(12-14)21-25-18-13-16(31-2)6-7-17(18)19(26-21)20(24)28/h3-7,12-13,30H,10-11H2,1-2H3,(H2,24,28)/t23-/m0/s1. The van der Waals surface area contributed by atoms with Crippen LogP contribution in [0.2, 0.25) is 0 Å². The van der Waals surface area contributed by atoms with Crippen molar-refractivity contribution < 1.29 is 19.4 Å². The third-order valence-corrected chi connectivity index (χ3v) is 5.18. The first kappa shape index (κ1) is 20.3. The molecule has 0 saturated carbocycles. The molecule has 3 N–H and O–H groups in total. The van der Waals surface area contributed by atoms with Gasteiger partial charge in [-0.2, -0.15) is 0 Å². The molecule has 0 unspecified atom stereocenters. The van der Waals surface area contributed by atoms with Gasteiger partial charge in [0, 0.05) is 42.6 Å². The number of benzene rings is 2. The lowest BCUT2D eigenvalue weighted by Crippen LogP contribution is -2.37. The molecular formula is C23H20N4O4. The van der Waals surface area contributed by atoms with E-state index in [1.807, 2.05) is 0 Å². The third kappa shape index (κ3) is 3.79. The van der Waals surface area contributed by atoms with Crippen molar-refractivity contribution in [2.75, 3.05) is 20.7 Å². The van der Waals surface area contributed by atoms with E-state index in [4.69, 9.17) is 10.5 Å². The summed E-state index contributed by atoms with van der Waals surface area (Å²) in [5, 5.41) is 11.0. The quantitative estimate of drug-likeness (QED) is 0.622. The Kier molecular flexibility index (Phi) is 5.05. The lowest BCUT2D eigenvalue weighted by molar-refractivity contribution is -0.137. The summed E-state index contributed by atoms with van der Waals surface area (Å²) < 4.78 is 5.24. The van der Waals surface area contributed by atoms with Crippen molar-refractivity contribution in [2.45, 2.75) is 12.0 Å². The van der Waals surface area contributed by atoms with Crippen LogP contribution in [0, 0.1) is 11.8 Å². The molecule has 1 atom stereocenters. The molecule has 3 aromatic rings. The lowest BCUT2D eigenvalue weighted by atomic mass is 10.0. The Balaban J connectivity index is 1.77. The maximum atomic E-state index is 12.1. The summed E-state index contributed by atoms with van der Waals surface area (Å²) in [4.78, 5) is 34.5. The number of nitrogens with zero attached hydrogens (tertiary/aromatic N) is 3. The predicted molar refractivity (Wildman–Crippen MR) is 114 cm³/mol. The first-order chi connectivity index (χ1) is 14.8. The zero-order valence-electron chi connectivity index (χ0n) is 17.0. The van der Waals surface area contributed by atoms with Gasteiger partial charge in [-0.25, -0.2) is 9.97 Å². The number of aliphatic hydroxyl groups is 1. The number of amides is 2. The highest BCUT2D eigenvalue weighted by molar-refractivity contribution is 6.04. The zero-order chi connectivity index (χ0) is 22.2. The Bertz CT molecular complexity index is 1280. The van der Waals surface area contributed by atoms with Gasteiger partial charge in [-0.3, -0.25) is 9.59 Å². The molecule has 0 aliphatic carbocycles. The van der Waals surface area contributed by atoms with E-state index in [0.717, 1.165) is 0 Å². The largest absolute Gasteiger partial charge is 0.497 e. The van der Waals surface area contributed by atoms with Crippen molar-refractivity contribution in [3.8, 4) is 29.0 Å². The molecule has 8 nitrogen and oxygen atoms in total. The minimum atomic E-state index is -1.68. The summed E-state index contributed by atoms with van der Waals surface area (Å²) in [5.41, 5.74) is 5.66. The molecule has 2 amide bonds. The van der Waals surface area contributed by atoms with E-state index >= 15 is 0 Å². The van der Waals surface area contributed by atoms with Crippen molar-refractivity contribution in [2.24, 2.45) is 5.73 Å². The fraction of sp³-hybridized carbons (Fsp3) is 0.217. The minimum Gasteiger partial charge on any atom is -0.497 e. The van der Waals surface area contributed by atoms with Crippen LogP contribution < -0.4 is 10.5 Å². The highest BCUT2D eigenvalue weighted by Gasteiger charge is 2.42. The molecule has 1 fully saturated rings. The number of likely N-dealkylation sites (N-methyl/N-ethyl adjacent to an activating group) is 1. The maximum Gasteiger partial charge on any atom is 0.268 e. The number of primary amides is 1. The van der Waals surface area contributed by atoms with E-state index in [1.54, 1.807) is 56.6 Å². The number of hydrogen-bond donors (Lipinski definition) is 2. The summed E-state index contributed by atoms with van der Waals surface area (Å²) in [6.07, 6.45) is 0.257. The normalized spacial score (nSPS) is 18.0. The van der Waals surface area contributed by atoms with Gasteiger partial charge >= 0.3 is 0 Å². The van der Waals surface area contributed by atoms with Crippen molar-refractivity contribution in [1.82, 2.24) is 14.9 Å². The Labute approximate surface area is 178 Å². The van der Waals surface area contributed by atoms with Gasteiger partial charge < -0.3 is 20.5 Å². The van der Waals surface area contributed by atoms with Crippen molar-refractivity contribution in [3.05, 3.63) is 53.7 Å². The van der Waals surface area contributed by atoms with Crippen LogP contribution in [0.1, 0.15) is 22.5 Å². The molecule has 1 aliphatic heterocycles. The van der Waals surface area contributed by atoms with Crippen LogP contribution in [-0.4, -0.2) is 58.1 Å². The smallest absolute Gasteiger partial charge is 0.268 e. The van der Waals surface area contributed by atoms with E-state index in [2.05, 4.69) is 21.8 Å². The number of hydrogen-bond acceptors (Lipinski definition) is 6. The second-order valence-electron chi connectivity index (χ2n) is 7.31. The Morgan fingerprint density at radius 3 is 2.74 bits per heavy atom. The molecule has 2 heterocycles. The number of carbonyl (C=O) groups excluding carboxylic acids is 2. The van der Waals surface area contributed by atoms with E-state index in [1.165, 1.54) is 4.90 Å². The van der Waals surface area contributed by atoms with Gasteiger partial charge in [0.05, 0.1) is 12.6 Å². The second-order valence-corrected chi connectivity index (χ2v) is 7.31. The topological polar surface area (TPSA) is 119 Å². The monoisotopic (exact) mass is 416 g/mol. The minimum absolute atomic E-state index is 0.105. The molecule has 1 saturated heterocycles. The fourth-order valence-corrected chi connectivity index (χ4v) is 3.43. The highest BCUT2D eigenvalue weighted by Crippen LogP contribution is 2.26. The fourth-order valence-electron chi connectivity index (χ4n) is 3.43. The van der Waals surface area contributed by atoms with Gasteiger partial charge in [0.1, 0.15) is 11.4 Å². The number of nitrogens with two attached hydrogens (primary N) is 1. The third-order valence-electron chi connectivity index (χ3n) is 5.18. The summed E-state index contributed by atoms with van der Waals surface area (Å²) in [6.45, 7) is 0.453. The molecule has 2 aromatic carbocycles. The van der Waals surface area contributed by atoms with Crippen LogP contribution in [0.5, 0.6) is 5.75 Å². The van der Waals surface area contributed by atoms with Gasteiger partial charge in [-0.15, -0.1) is 0 Å². The van der Waals surface area contributed by atoms with Gasteiger partial charge in [0.2, 0.25) is 5.60 Å². The van der Waals surface area contributed by atoms with E-state index < -0.39 is 17.4 Å².